The minimum atomic E-state index is -3.87. The van der Waals surface area contributed by atoms with Crippen LogP contribution in [0.25, 0.3) is 0 Å². The fourth-order valence-electron chi connectivity index (χ4n) is 4.03. The molecule has 3 aromatic carbocycles. The van der Waals surface area contributed by atoms with E-state index in [9.17, 15) is 13.5 Å². The van der Waals surface area contributed by atoms with Crippen LogP contribution in [0, 0.1) is 0 Å². The van der Waals surface area contributed by atoms with Crippen LogP contribution in [0.2, 0.25) is 0 Å². The monoisotopic (exact) mass is 425 g/mol. The number of hydrogen-bond donors (Lipinski definition) is 1. The van der Waals surface area contributed by atoms with E-state index in [0.29, 0.717) is 11.4 Å². The van der Waals surface area contributed by atoms with Crippen LogP contribution in [0.3, 0.4) is 0 Å². The van der Waals surface area contributed by atoms with Crippen LogP contribution in [0.4, 0.5) is 5.69 Å². The van der Waals surface area contributed by atoms with Gasteiger partial charge in [-0.15, -0.1) is 0 Å². The first-order valence-electron chi connectivity index (χ1n) is 9.52. The first-order valence-corrected chi connectivity index (χ1v) is 11.0. The van der Waals surface area contributed by atoms with Gasteiger partial charge in [0.25, 0.3) is 10.0 Å². The number of nitrogens with zero attached hydrogens (tertiary/aromatic N) is 1. The van der Waals surface area contributed by atoms with Crippen molar-refractivity contribution < 1.29 is 23.0 Å². The molecule has 0 aromatic heterocycles. The molecule has 0 amide bonds. The van der Waals surface area contributed by atoms with E-state index in [1.807, 2.05) is 31.2 Å². The fraction of sp³-hybridized carbons (Fsp3) is 0.217. The van der Waals surface area contributed by atoms with E-state index in [2.05, 4.69) is 0 Å². The van der Waals surface area contributed by atoms with Gasteiger partial charge >= 0.3 is 0 Å². The number of rotatable bonds is 5. The zero-order valence-electron chi connectivity index (χ0n) is 16.9. The Bertz CT molecular complexity index is 1160. The first-order chi connectivity index (χ1) is 14.4. The predicted molar refractivity (Wildman–Crippen MR) is 115 cm³/mol. The lowest BCUT2D eigenvalue weighted by Gasteiger charge is -2.29. The summed E-state index contributed by atoms with van der Waals surface area (Å²) in [5.41, 5.74) is 2.08. The molecule has 2 unspecified atom stereocenters. The summed E-state index contributed by atoms with van der Waals surface area (Å²) in [6.45, 7) is 1.96. The Morgan fingerprint density at radius 1 is 0.933 bits per heavy atom. The largest absolute Gasteiger partial charge is 0.504 e. The summed E-state index contributed by atoms with van der Waals surface area (Å²) < 4.78 is 39.4. The van der Waals surface area contributed by atoms with Gasteiger partial charge in [0.2, 0.25) is 0 Å². The van der Waals surface area contributed by atoms with Crippen LogP contribution in [-0.4, -0.2) is 27.7 Å². The van der Waals surface area contributed by atoms with Gasteiger partial charge in [-0.1, -0.05) is 37.3 Å². The minimum Gasteiger partial charge on any atom is -0.504 e. The Hall–Kier alpha value is -3.19. The van der Waals surface area contributed by atoms with E-state index in [4.69, 9.17) is 9.47 Å². The van der Waals surface area contributed by atoms with Crippen molar-refractivity contribution >= 4 is 15.7 Å². The zero-order chi connectivity index (χ0) is 21.5. The third kappa shape index (κ3) is 3.15. The Morgan fingerprint density at radius 2 is 1.60 bits per heavy atom. The Kier molecular flexibility index (Phi) is 5.07. The van der Waals surface area contributed by atoms with Crippen LogP contribution in [0.5, 0.6) is 17.2 Å². The summed E-state index contributed by atoms with van der Waals surface area (Å²) >= 11 is 0. The lowest BCUT2D eigenvalue weighted by molar-refractivity contribution is 0.373. The molecule has 0 saturated heterocycles. The first kappa shape index (κ1) is 20.1. The average Bonchev–Trinajstić information content (AvgIpc) is 3.06. The van der Waals surface area contributed by atoms with E-state index in [1.165, 1.54) is 11.4 Å². The van der Waals surface area contributed by atoms with Crippen LogP contribution in [-0.2, 0) is 10.0 Å². The minimum absolute atomic E-state index is 0.0180. The molecule has 1 aliphatic rings. The summed E-state index contributed by atoms with van der Waals surface area (Å²) in [7, 11) is -0.842. The van der Waals surface area contributed by atoms with Crippen molar-refractivity contribution in [1.82, 2.24) is 0 Å². The second-order valence-electron chi connectivity index (χ2n) is 7.20. The molecule has 0 saturated carbocycles. The van der Waals surface area contributed by atoms with Gasteiger partial charge in [-0.2, -0.15) is 0 Å². The number of hydrogen-bond acceptors (Lipinski definition) is 5. The number of fused-ring (bicyclic) bond motifs is 1. The molecule has 6 nitrogen and oxygen atoms in total. The molecule has 30 heavy (non-hydrogen) atoms. The number of aromatic hydroxyl groups is 1. The summed E-state index contributed by atoms with van der Waals surface area (Å²) in [5, 5.41) is 10.3. The van der Waals surface area contributed by atoms with Crippen molar-refractivity contribution in [1.29, 1.82) is 0 Å². The van der Waals surface area contributed by atoms with E-state index < -0.39 is 16.1 Å². The third-order valence-corrected chi connectivity index (χ3v) is 7.35. The molecule has 0 aliphatic carbocycles. The standard InChI is InChI=1S/C23H23NO5S/c1-15-19-13-21(25)22(29-3)14-20(19)24(30(26,27)18-7-5-4-6-8-18)23(15)16-9-11-17(28-2)12-10-16/h4-15,23,25H,1-3H3. The maximum absolute atomic E-state index is 13.7. The highest BCUT2D eigenvalue weighted by molar-refractivity contribution is 7.92. The van der Waals surface area contributed by atoms with E-state index in [1.54, 1.807) is 49.6 Å². The highest BCUT2D eigenvalue weighted by Crippen LogP contribution is 2.54. The molecule has 2 atom stereocenters. The summed E-state index contributed by atoms with van der Waals surface area (Å²) in [6.07, 6.45) is 0. The molecule has 3 aromatic rings. The molecule has 0 spiro atoms. The fourth-order valence-corrected chi connectivity index (χ4v) is 5.77. The molecule has 4 rings (SSSR count). The SMILES string of the molecule is COc1ccc(C2C(C)c3cc(O)c(OC)cc3N2S(=O)(=O)c2ccccc2)cc1. The van der Waals surface area contributed by atoms with Crippen LogP contribution < -0.4 is 13.8 Å². The average molecular weight is 426 g/mol. The van der Waals surface area contributed by atoms with Gasteiger partial charge in [0.1, 0.15) is 5.75 Å². The van der Waals surface area contributed by atoms with E-state index in [-0.39, 0.29) is 22.3 Å². The molecule has 0 radical (unpaired) electrons. The van der Waals surface area contributed by atoms with Crippen LogP contribution in [0.15, 0.2) is 71.6 Å². The highest BCUT2D eigenvalue weighted by Gasteiger charge is 2.44. The molecular formula is C23H23NO5S. The Balaban J connectivity index is 1.94. The predicted octanol–water partition coefficient (Wildman–Crippen LogP) is 4.46. The number of phenols is 1. The molecular weight excluding hydrogens is 402 g/mol. The van der Waals surface area contributed by atoms with Crippen LogP contribution >= 0.6 is 0 Å². The van der Waals surface area contributed by atoms with Crippen molar-refractivity contribution in [3.8, 4) is 17.2 Å². The normalized spacial score (nSPS) is 18.2. The van der Waals surface area contributed by atoms with E-state index >= 15 is 0 Å². The second-order valence-corrected chi connectivity index (χ2v) is 9.02. The van der Waals surface area contributed by atoms with Crippen molar-refractivity contribution in [2.45, 2.75) is 23.8 Å². The molecule has 7 heteroatoms. The number of methoxy groups -OCH3 is 2. The van der Waals surface area contributed by atoms with Gasteiger partial charge in [0.15, 0.2) is 11.5 Å². The highest BCUT2D eigenvalue weighted by atomic mass is 32.2. The topological polar surface area (TPSA) is 76.1 Å². The zero-order valence-corrected chi connectivity index (χ0v) is 17.8. The van der Waals surface area contributed by atoms with Crippen molar-refractivity contribution in [3.05, 3.63) is 77.9 Å². The number of phenolic OH excluding ortho intramolecular Hbond substituents is 1. The van der Waals surface area contributed by atoms with Gasteiger partial charge in [0.05, 0.1) is 30.8 Å². The van der Waals surface area contributed by atoms with Gasteiger partial charge in [-0.3, -0.25) is 4.31 Å². The molecule has 156 valence electrons. The van der Waals surface area contributed by atoms with E-state index in [0.717, 1.165) is 11.1 Å². The molecule has 0 fully saturated rings. The van der Waals surface area contributed by atoms with Crippen LogP contribution in [0.1, 0.15) is 30.0 Å². The van der Waals surface area contributed by atoms with Crippen molar-refractivity contribution in [2.24, 2.45) is 0 Å². The van der Waals surface area contributed by atoms with Gasteiger partial charge in [-0.25, -0.2) is 8.42 Å². The quantitative estimate of drug-likeness (QED) is 0.653. The maximum Gasteiger partial charge on any atom is 0.264 e. The smallest absolute Gasteiger partial charge is 0.264 e. The molecule has 1 aliphatic heterocycles. The summed E-state index contributed by atoms with van der Waals surface area (Å²) in [4.78, 5) is 0.204. The van der Waals surface area contributed by atoms with Gasteiger partial charge in [0, 0.05) is 12.0 Å². The van der Waals surface area contributed by atoms with Crippen molar-refractivity contribution in [3.63, 3.8) is 0 Å². The van der Waals surface area contributed by atoms with Crippen molar-refractivity contribution in [2.75, 3.05) is 18.5 Å². The molecule has 1 N–H and O–H groups in total. The lowest BCUT2D eigenvalue weighted by atomic mass is 9.92. The van der Waals surface area contributed by atoms with Gasteiger partial charge in [-0.05, 0) is 41.5 Å². The van der Waals surface area contributed by atoms with Gasteiger partial charge < -0.3 is 14.6 Å². The summed E-state index contributed by atoms with van der Waals surface area (Å²) in [5.74, 6) is 0.711. The lowest BCUT2D eigenvalue weighted by Crippen LogP contribution is -2.33. The number of anilines is 1. The Labute approximate surface area is 176 Å². The molecule has 0 bridgehead atoms. The Morgan fingerprint density at radius 3 is 2.20 bits per heavy atom. The number of sulfonamides is 1. The number of ether oxygens (including phenoxy) is 2. The maximum atomic E-state index is 13.7. The third-order valence-electron chi connectivity index (χ3n) is 5.54. The number of benzene rings is 3. The summed E-state index contributed by atoms with van der Waals surface area (Å²) in [6, 6.07) is 18.4. The molecule has 1 heterocycles. The second kappa shape index (κ2) is 7.57.